The van der Waals surface area contributed by atoms with Crippen molar-refractivity contribution in [3.8, 4) is 34.1 Å². The molecule has 4 aromatic carbocycles. The van der Waals surface area contributed by atoms with Crippen LogP contribution in [0.3, 0.4) is 0 Å². The number of nitrogens with zero attached hydrogens (tertiary/aromatic N) is 2. The Hall–Kier alpha value is -3.96. The van der Waals surface area contributed by atoms with Crippen LogP contribution in [0.25, 0.3) is 22.3 Å². The van der Waals surface area contributed by atoms with Crippen molar-refractivity contribution in [2.45, 2.75) is 25.7 Å². The molecule has 0 N–H and O–H groups in total. The van der Waals surface area contributed by atoms with E-state index in [2.05, 4.69) is 101 Å². The van der Waals surface area contributed by atoms with E-state index in [-0.39, 0.29) is 44.8 Å². The van der Waals surface area contributed by atoms with Crippen LogP contribution in [0, 0.1) is 24.7 Å². The van der Waals surface area contributed by atoms with Crippen molar-refractivity contribution in [3.63, 3.8) is 0 Å². The van der Waals surface area contributed by atoms with Gasteiger partial charge in [0.25, 0.3) is 0 Å². The van der Waals surface area contributed by atoms with Crippen LogP contribution in [-0.2, 0) is 64.0 Å². The second-order valence-corrected chi connectivity index (χ2v) is 10.7. The molecular weight excluding hydrogens is 914 g/mol. The van der Waals surface area contributed by atoms with Crippen molar-refractivity contribution in [1.29, 1.82) is 0 Å². The smallest absolute Gasteiger partial charge is 0.366 e. The molecule has 0 atom stereocenters. The van der Waals surface area contributed by atoms with Gasteiger partial charge in [-0.15, -0.1) is 35.4 Å². The van der Waals surface area contributed by atoms with Gasteiger partial charge in [-0.3, -0.25) is 21.8 Å². The van der Waals surface area contributed by atoms with Crippen LogP contribution in [0.15, 0.2) is 126 Å². The van der Waals surface area contributed by atoms with Crippen molar-refractivity contribution >= 4 is 5.71 Å². The van der Waals surface area contributed by atoms with Crippen LogP contribution in [-0.4, -0.2) is 17.2 Å². The van der Waals surface area contributed by atoms with Gasteiger partial charge < -0.3 is 12.8 Å². The molecule has 4 heteroatoms. The van der Waals surface area contributed by atoms with Crippen LogP contribution in [0.2, 0.25) is 0 Å². The van der Waals surface area contributed by atoms with Gasteiger partial charge in [-0.2, -0.15) is 0 Å². The second kappa shape index (κ2) is 16.4. The summed E-state index contributed by atoms with van der Waals surface area (Å²) in [5, 5.41) is 0. The molecule has 0 spiro atoms. The number of dihydropyridines is 1. The maximum absolute atomic E-state index is 7.14. The van der Waals surface area contributed by atoms with E-state index in [1.807, 2.05) is 42.6 Å². The molecule has 0 saturated heterocycles. The second-order valence-electron chi connectivity index (χ2n) is 10.7. The SMILES string of the molecule is C1=CC(Cc2ccccn2)=NCC1.[Au+].[Au+].[C-]#Cc1ccc2c(c1)-c1ccccc1C2.[C-]#Cc1ccc2c(c1)Cc1ccccc1-2. The molecule has 1 aromatic heterocycles. The molecule has 0 bridgehead atoms. The third-order valence-corrected chi connectivity index (χ3v) is 7.89. The minimum Gasteiger partial charge on any atom is -0.366 e. The number of pyridine rings is 1. The zero-order valence-corrected chi connectivity index (χ0v) is 28.9. The summed E-state index contributed by atoms with van der Waals surface area (Å²) in [5.74, 6) is 4.87. The van der Waals surface area contributed by atoms with Gasteiger partial charge in [0.15, 0.2) is 0 Å². The van der Waals surface area contributed by atoms with Gasteiger partial charge in [0.2, 0.25) is 0 Å². The molecular formula is C41H30Au2N2. The summed E-state index contributed by atoms with van der Waals surface area (Å²) in [7, 11) is 0. The van der Waals surface area contributed by atoms with E-state index in [0.29, 0.717) is 0 Å². The summed E-state index contributed by atoms with van der Waals surface area (Å²) in [4.78, 5) is 8.67. The van der Waals surface area contributed by atoms with Gasteiger partial charge in [-0.25, -0.2) is 0 Å². The quantitative estimate of drug-likeness (QED) is 0.0972. The van der Waals surface area contributed by atoms with Crippen molar-refractivity contribution in [2.75, 3.05) is 6.54 Å². The molecule has 3 aliphatic rings. The Morgan fingerprint density at radius 1 is 0.600 bits per heavy atom. The first-order valence-electron chi connectivity index (χ1n) is 14.6. The van der Waals surface area contributed by atoms with Crippen LogP contribution in [0.4, 0.5) is 0 Å². The molecule has 0 unspecified atom stereocenters. The van der Waals surface area contributed by atoms with Gasteiger partial charge in [-0.05, 0) is 76.4 Å². The molecule has 0 fully saturated rings. The minimum atomic E-state index is 0. The number of benzene rings is 4. The van der Waals surface area contributed by atoms with Crippen LogP contribution in [0.5, 0.6) is 0 Å². The predicted molar refractivity (Wildman–Crippen MR) is 176 cm³/mol. The summed E-state index contributed by atoms with van der Waals surface area (Å²) in [6, 6.07) is 35.1. The Bertz CT molecular complexity index is 1920. The van der Waals surface area contributed by atoms with Gasteiger partial charge >= 0.3 is 44.8 Å². The largest absolute Gasteiger partial charge is 1.00 e. The van der Waals surface area contributed by atoms with E-state index in [1.54, 1.807) is 0 Å². The van der Waals surface area contributed by atoms with Crippen molar-refractivity contribution in [3.05, 3.63) is 173 Å². The van der Waals surface area contributed by atoms with Crippen LogP contribution < -0.4 is 0 Å². The van der Waals surface area contributed by atoms with Gasteiger partial charge in [0.05, 0.1) is 0 Å². The summed E-state index contributed by atoms with van der Waals surface area (Å²) in [5.41, 5.74) is 14.6. The molecule has 5 aromatic rings. The van der Waals surface area contributed by atoms with E-state index in [4.69, 9.17) is 12.8 Å². The Labute approximate surface area is 298 Å². The number of hydrogen-bond acceptors (Lipinski definition) is 2. The number of fused-ring (bicyclic) bond motifs is 6. The van der Waals surface area contributed by atoms with Crippen molar-refractivity contribution in [2.24, 2.45) is 4.99 Å². The Morgan fingerprint density at radius 3 is 1.87 bits per heavy atom. The molecule has 1 aliphatic heterocycles. The molecule has 226 valence electrons. The predicted octanol–water partition coefficient (Wildman–Crippen LogP) is 8.41. The van der Waals surface area contributed by atoms with E-state index in [1.165, 1.54) is 44.5 Å². The Morgan fingerprint density at radius 2 is 1.20 bits per heavy atom. The summed E-state index contributed by atoms with van der Waals surface area (Å²) >= 11 is 0. The average molecular weight is 945 g/mol. The van der Waals surface area contributed by atoms with Crippen molar-refractivity contribution < 1.29 is 44.8 Å². The maximum atomic E-state index is 7.14. The molecule has 0 amide bonds. The zero-order valence-electron chi connectivity index (χ0n) is 24.6. The van der Waals surface area contributed by atoms with E-state index >= 15 is 0 Å². The van der Waals surface area contributed by atoms with E-state index < -0.39 is 0 Å². The first-order valence-corrected chi connectivity index (χ1v) is 14.6. The van der Waals surface area contributed by atoms with Gasteiger partial charge in [-0.1, -0.05) is 78.4 Å². The molecule has 8 rings (SSSR count). The summed E-state index contributed by atoms with van der Waals surface area (Å²) in [6.07, 6.45) is 24.3. The third kappa shape index (κ3) is 8.20. The average Bonchev–Trinajstić information content (AvgIpc) is 3.63. The topological polar surface area (TPSA) is 25.2 Å². The molecule has 2 nitrogen and oxygen atoms in total. The standard InChI is InChI=1S/2C15H9.C11H12N2.2Au/c1-2-11-7-8-15-13(9-11)10-12-5-3-4-6-14(12)15;1-2-11-7-8-13-10-12-5-3-4-6-14(12)15(13)9-11;1-3-7-12-10(5-1)9-11-6-2-4-8-13-11;;/h2*3-9H,10H2;1-3,5-7H,4,8-9H2;;/q2*-1;;2*+1. The van der Waals surface area contributed by atoms with Gasteiger partial charge in [0.1, 0.15) is 0 Å². The van der Waals surface area contributed by atoms with Crippen LogP contribution in [0.1, 0.15) is 45.5 Å². The first kappa shape index (κ1) is 33.9. The summed E-state index contributed by atoms with van der Waals surface area (Å²) in [6.45, 7) is 0.929. The fourth-order valence-electron chi connectivity index (χ4n) is 5.78. The number of aromatic nitrogens is 1. The number of allylic oxidation sites excluding steroid dienone is 1. The first-order chi connectivity index (χ1) is 21.2. The monoisotopic (exact) mass is 944 g/mol. The fraction of sp³-hybridized carbons (Fsp3) is 0.122. The molecule has 0 radical (unpaired) electrons. The van der Waals surface area contributed by atoms with E-state index in [0.717, 1.165) is 54.8 Å². The molecule has 2 aliphatic carbocycles. The Balaban J connectivity index is 0.000000151. The summed E-state index contributed by atoms with van der Waals surface area (Å²) < 4.78 is 0. The Kier molecular flexibility index (Phi) is 12.3. The molecule has 0 saturated carbocycles. The fourth-order valence-corrected chi connectivity index (χ4v) is 5.78. The van der Waals surface area contributed by atoms with Crippen LogP contribution >= 0.6 is 0 Å². The normalized spacial score (nSPS) is 12.3. The van der Waals surface area contributed by atoms with Crippen molar-refractivity contribution in [1.82, 2.24) is 4.98 Å². The number of rotatable bonds is 2. The molecule has 45 heavy (non-hydrogen) atoms. The minimum absolute atomic E-state index is 0. The molecule has 2 heterocycles. The maximum Gasteiger partial charge on any atom is 1.00 e. The number of hydrogen-bond donors (Lipinski definition) is 0. The van der Waals surface area contributed by atoms with E-state index in [9.17, 15) is 0 Å². The number of aliphatic imine (C=N–C) groups is 1. The van der Waals surface area contributed by atoms with Gasteiger partial charge in [0, 0.05) is 30.6 Å². The third-order valence-electron chi connectivity index (χ3n) is 7.89. The zero-order chi connectivity index (χ0) is 29.4.